The molecular weight excluding hydrogens is 163 g/mol. The van der Waals surface area contributed by atoms with Crippen molar-refractivity contribution in [3.63, 3.8) is 0 Å². The molecule has 0 bridgehead atoms. The summed E-state index contributed by atoms with van der Waals surface area (Å²) in [6, 6.07) is 3.25. The molecule has 0 amide bonds. The van der Waals surface area contributed by atoms with E-state index in [1.165, 1.54) is 18.4 Å². The Morgan fingerprint density at radius 3 is 2.15 bits per heavy atom. The molecular formula is C12H17F. The smallest absolute Gasteiger partial charge is 0.123 e. The maximum atomic E-state index is 12.9. The van der Waals surface area contributed by atoms with E-state index in [0.29, 0.717) is 0 Å². The third kappa shape index (κ3) is 2.55. The fraction of sp³-hybridized carbons (Fsp3) is 0.500. The van der Waals surface area contributed by atoms with Crippen LogP contribution in [0.4, 0.5) is 4.39 Å². The van der Waals surface area contributed by atoms with E-state index in [2.05, 4.69) is 6.92 Å². The van der Waals surface area contributed by atoms with Crippen molar-refractivity contribution in [2.75, 3.05) is 0 Å². The highest BCUT2D eigenvalue weighted by Crippen LogP contribution is 2.17. The predicted octanol–water partition coefficient (Wildman–Crippen LogP) is 3.79. The first-order valence-corrected chi connectivity index (χ1v) is 4.90. The summed E-state index contributed by atoms with van der Waals surface area (Å²) in [5.74, 6) is -0.116. The summed E-state index contributed by atoms with van der Waals surface area (Å²) < 4.78 is 12.9. The molecule has 0 nitrogen and oxygen atoms in total. The molecule has 0 aliphatic rings. The minimum absolute atomic E-state index is 0.116. The summed E-state index contributed by atoms with van der Waals surface area (Å²) >= 11 is 0. The Hall–Kier alpha value is -0.850. The molecule has 0 spiro atoms. The third-order valence-electron chi connectivity index (χ3n) is 2.44. The van der Waals surface area contributed by atoms with Crippen molar-refractivity contribution >= 4 is 0 Å². The zero-order chi connectivity index (χ0) is 9.84. The maximum Gasteiger partial charge on any atom is 0.123 e. The summed E-state index contributed by atoms with van der Waals surface area (Å²) in [4.78, 5) is 0. The van der Waals surface area contributed by atoms with Gasteiger partial charge in [0.25, 0.3) is 0 Å². The molecule has 13 heavy (non-hydrogen) atoms. The Kier molecular flexibility index (Phi) is 3.47. The first-order valence-electron chi connectivity index (χ1n) is 4.90. The molecule has 0 aromatic heterocycles. The lowest BCUT2D eigenvalue weighted by Crippen LogP contribution is -1.95. The first kappa shape index (κ1) is 10.2. The van der Waals surface area contributed by atoms with E-state index in [9.17, 15) is 4.39 Å². The van der Waals surface area contributed by atoms with Gasteiger partial charge in [0, 0.05) is 0 Å². The molecule has 0 N–H and O–H groups in total. The summed E-state index contributed by atoms with van der Waals surface area (Å²) in [5, 5.41) is 0. The van der Waals surface area contributed by atoms with Gasteiger partial charge >= 0.3 is 0 Å². The van der Waals surface area contributed by atoms with Gasteiger partial charge in [0.15, 0.2) is 0 Å². The van der Waals surface area contributed by atoms with Gasteiger partial charge in [-0.25, -0.2) is 4.39 Å². The van der Waals surface area contributed by atoms with Crippen LogP contribution in [0.5, 0.6) is 0 Å². The standard InChI is InChI=1S/C12H17F/c1-4-5-6-12-9(2)7-11(13)8-10(12)3/h7-8H,4-6H2,1-3H3. The van der Waals surface area contributed by atoms with Crippen molar-refractivity contribution in [1.82, 2.24) is 0 Å². The van der Waals surface area contributed by atoms with Gasteiger partial charge in [0.05, 0.1) is 0 Å². The van der Waals surface area contributed by atoms with Crippen LogP contribution in [0.3, 0.4) is 0 Å². The van der Waals surface area contributed by atoms with E-state index in [4.69, 9.17) is 0 Å². The van der Waals surface area contributed by atoms with Crippen molar-refractivity contribution < 1.29 is 4.39 Å². The maximum absolute atomic E-state index is 12.9. The summed E-state index contributed by atoms with van der Waals surface area (Å²) in [5.41, 5.74) is 3.50. The van der Waals surface area contributed by atoms with Crippen LogP contribution in [0.25, 0.3) is 0 Å². The molecule has 72 valence electrons. The van der Waals surface area contributed by atoms with Gasteiger partial charge < -0.3 is 0 Å². The van der Waals surface area contributed by atoms with E-state index >= 15 is 0 Å². The van der Waals surface area contributed by atoms with Crippen molar-refractivity contribution in [2.45, 2.75) is 40.0 Å². The van der Waals surface area contributed by atoms with Crippen LogP contribution >= 0.6 is 0 Å². The van der Waals surface area contributed by atoms with Gasteiger partial charge in [-0.05, 0) is 55.5 Å². The van der Waals surface area contributed by atoms with Gasteiger partial charge in [-0.15, -0.1) is 0 Å². The quantitative estimate of drug-likeness (QED) is 0.664. The number of rotatable bonds is 3. The number of hydrogen-bond acceptors (Lipinski definition) is 0. The zero-order valence-electron chi connectivity index (χ0n) is 8.65. The first-order chi connectivity index (χ1) is 6.15. The second-order valence-corrected chi connectivity index (χ2v) is 3.62. The minimum Gasteiger partial charge on any atom is -0.207 e. The minimum atomic E-state index is -0.116. The lowest BCUT2D eigenvalue weighted by molar-refractivity contribution is 0.623. The highest BCUT2D eigenvalue weighted by molar-refractivity contribution is 5.34. The number of unbranched alkanes of at least 4 members (excludes halogenated alkanes) is 1. The largest absolute Gasteiger partial charge is 0.207 e. The Labute approximate surface area is 79.8 Å². The van der Waals surface area contributed by atoms with E-state index in [1.54, 1.807) is 12.1 Å². The van der Waals surface area contributed by atoms with Crippen LogP contribution in [0.15, 0.2) is 12.1 Å². The fourth-order valence-electron chi connectivity index (χ4n) is 1.69. The SMILES string of the molecule is CCCCc1c(C)cc(F)cc1C. The van der Waals surface area contributed by atoms with Crippen molar-refractivity contribution in [3.05, 3.63) is 34.6 Å². The highest BCUT2D eigenvalue weighted by atomic mass is 19.1. The predicted molar refractivity (Wildman–Crippen MR) is 54.5 cm³/mol. The van der Waals surface area contributed by atoms with Gasteiger partial charge in [-0.2, -0.15) is 0 Å². The lowest BCUT2D eigenvalue weighted by Gasteiger charge is -2.09. The molecule has 0 fully saturated rings. The second kappa shape index (κ2) is 4.40. The summed E-state index contributed by atoms with van der Waals surface area (Å²) in [7, 11) is 0. The average molecular weight is 180 g/mol. The Morgan fingerprint density at radius 2 is 1.69 bits per heavy atom. The third-order valence-corrected chi connectivity index (χ3v) is 2.44. The summed E-state index contributed by atoms with van der Waals surface area (Å²) in [6.45, 7) is 6.15. The molecule has 0 aliphatic heterocycles. The molecule has 0 unspecified atom stereocenters. The molecule has 0 saturated carbocycles. The molecule has 1 aromatic carbocycles. The van der Waals surface area contributed by atoms with E-state index in [1.807, 2.05) is 13.8 Å². The Bertz CT molecular complexity index is 266. The average Bonchev–Trinajstić information content (AvgIpc) is 2.02. The molecule has 1 rings (SSSR count). The number of aryl methyl sites for hydroxylation is 2. The van der Waals surface area contributed by atoms with E-state index < -0.39 is 0 Å². The van der Waals surface area contributed by atoms with E-state index in [-0.39, 0.29) is 5.82 Å². The molecule has 0 heterocycles. The lowest BCUT2D eigenvalue weighted by atomic mass is 9.98. The Morgan fingerprint density at radius 1 is 1.15 bits per heavy atom. The summed E-state index contributed by atoms with van der Waals surface area (Å²) in [6.07, 6.45) is 3.46. The van der Waals surface area contributed by atoms with Gasteiger partial charge in [-0.3, -0.25) is 0 Å². The molecule has 0 aliphatic carbocycles. The topological polar surface area (TPSA) is 0 Å². The Balaban J connectivity index is 2.92. The van der Waals surface area contributed by atoms with Crippen LogP contribution in [0.2, 0.25) is 0 Å². The number of benzene rings is 1. The van der Waals surface area contributed by atoms with Gasteiger partial charge in [-0.1, -0.05) is 13.3 Å². The second-order valence-electron chi connectivity index (χ2n) is 3.62. The molecule has 1 heteroatoms. The monoisotopic (exact) mass is 180 g/mol. The molecule has 0 atom stereocenters. The van der Waals surface area contributed by atoms with Crippen LogP contribution < -0.4 is 0 Å². The fourth-order valence-corrected chi connectivity index (χ4v) is 1.69. The van der Waals surface area contributed by atoms with Crippen LogP contribution in [-0.4, -0.2) is 0 Å². The van der Waals surface area contributed by atoms with Gasteiger partial charge in [0.1, 0.15) is 5.82 Å². The molecule has 0 radical (unpaired) electrons. The van der Waals surface area contributed by atoms with Gasteiger partial charge in [0.2, 0.25) is 0 Å². The van der Waals surface area contributed by atoms with Crippen molar-refractivity contribution in [1.29, 1.82) is 0 Å². The van der Waals surface area contributed by atoms with Crippen molar-refractivity contribution in [2.24, 2.45) is 0 Å². The molecule has 0 saturated heterocycles. The number of halogens is 1. The highest BCUT2D eigenvalue weighted by Gasteiger charge is 2.03. The van der Waals surface area contributed by atoms with Crippen molar-refractivity contribution in [3.8, 4) is 0 Å². The number of hydrogen-bond donors (Lipinski definition) is 0. The normalized spacial score (nSPS) is 10.5. The van der Waals surface area contributed by atoms with Crippen LogP contribution in [0.1, 0.15) is 36.5 Å². The molecule has 1 aromatic rings. The van der Waals surface area contributed by atoms with Crippen LogP contribution in [0, 0.1) is 19.7 Å². The van der Waals surface area contributed by atoms with Crippen LogP contribution in [-0.2, 0) is 6.42 Å². The zero-order valence-corrected chi connectivity index (χ0v) is 8.65. The van der Waals surface area contributed by atoms with E-state index in [0.717, 1.165) is 17.5 Å².